The summed E-state index contributed by atoms with van der Waals surface area (Å²) in [5, 5.41) is 12.3. The highest BCUT2D eigenvalue weighted by Crippen LogP contribution is 2.23. The second-order valence-corrected chi connectivity index (χ2v) is 6.09. The molecule has 2 N–H and O–H groups in total. The number of pyridine rings is 1. The molecule has 4 nitrogen and oxygen atoms in total. The molecule has 0 saturated heterocycles. The quantitative estimate of drug-likeness (QED) is 0.861. The van der Waals surface area contributed by atoms with Crippen molar-refractivity contribution < 1.29 is 9.90 Å². The molecule has 1 aromatic carbocycles. The van der Waals surface area contributed by atoms with E-state index in [2.05, 4.69) is 10.3 Å². The largest absolute Gasteiger partial charge is 0.393 e. The van der Waals surface area contributed by atoms with Crippen molar-refractivity contribution in [3.63, 3.8) is 0 Å². The molecule has 2 aromatic rings. The van der Waals surface area contributed by atoms with E-state index in [9.17, 15) is 9.90 Å². The van der Waals surface area contributed by atoms with Crippen molar-refractivity contribution in [2.24, 2.45) is 5.92 Å². The van der Waals surface area contributed by atoms with E-state index in [-0.39, 0.29) is 17.9 Å². The van der Waals surface area contributed by atoms with Gasteiger partial charge in [0, 0.05) is 23.9 Å². The maximum Gasteiger partial charge on any atom is 0.251 e. The number of hydrogen-bond donors (Lipinski definition) is 2. The summed E-state index contributed by atoms with van der Waals surface area (Å²) in [4.78, 5) is 16.8. The van der Waals surface area contributed by atoms with Crippen molar-refractivity contribution >= 4 is 5.91 Å². The van der Waals surface area contributed by atoms with E-state index < -0.39 is 0 Å². The van der Waals surface area contributed by atoms with E-state index >= 15 is 0 Å². The molecule has 2 rings (SSSR count). The maximum atomic E-state index is 12.4. The van der Waals surface area contributed by atoms with Gasteiger partial charge in [0.05, 0.1) is 11.8 Å². The van der Waals surface area contributed by atoms with Crippen LogP contribution in [0.3, 0.4) is 0 Å². The van der Waals surface area contributed by atoms with Crippen molar-refractivity contribution in [1.29, 1.82) is 0 Å². The zero-order chi connectivity index (χ0) is 16.8. The number of rotatable bonds is 6. The molecule has 23 heavy (non-hydrogen) atoms. The highest BCUT2D eigenvalue weighted by molar-refractivity contribution is 5.97. The Morgan fingerprint density at radius 2 is 2.00 bits per heavy atom. The van der Waals surface area contributed by atoms with Crippen LogP contribution in [0.1, 0.15) is 36.2 Å². The minimum absolute atomic E-state index is 0.0854. The average Bonchev–Trinajstić information content (AvgIpc) is 2.53. The van der Waals surface area contributed by atoms with Gasteiger partial charge in [-0.1, -0.05) is 25.1 Å². The number of carbonyl (C=O) groups is 1. The Morgan fingerprint density at radius 3 is 2.65 bits per heavy atom. The minimum atomic E-state index is -0.351. The van der Waals surface area contributed by atoms with Gasteiger partial charge in [0.2, 0.25) is 0 Å². The number of aliphatic hydroxyl groups excluding tert-OH is 1. The van der Waals surface area contributed by atoms with Crippen LogP contribution in [0.2, 0.25) is 0 Å². The van der Waals surface area contributed by atoms with E-state index in [0.717, 1.165) is 16.8 Å². The minimum Gasteiger partial charge on any atom is -0.393 e. The zero-order valence-electron chi connectivity index (χ0n) is 13.9. The molecule has 1 aromatic heterocycles. The predicted octanol–water partition coefficient (Wildman–Crippen LogP) is 3.19. The zero-order valence-corrected chi connectivity index (χ0v) is 13.9. The second kappa shape index (κ2) is 7.88. The molecule has 1 heterocycles. The van der Waals surface area contributed by atoms with E-state index in [1.54, 1.807) is 13.1 Å². The Kier molecular flexibility index (Phi) is 5.88. The first-order chi connectivity index (χ1) is 11.0. The van der Waals surface area contributed by atoms with Crippen LogP contribution in [0.5, 0.6) is 0 Å². The molecule has 0 spiro atoms. The number of nitrogens with one attached hydrogen (secondary N) is 1. The number of hydrogen-bond acceptors (Lipinski definition) is 3. The molecular weight excluding hydrogens is 288 g/mol. The standard InChI is InChI=1S/C19H24N2O2/c1-13(11-14(2)22)12-21-19(23)17-8-6-7-16(15(17)3)18-9-4-5-10-20-18/h4-10,13-14,22H,11-12H2,1-3H3,(H,21,23). The topological polar surface area (TPSA) is 62.2 Å². The Hall–Kier alpha value is -2.20. The van der Waals surface area contributed by atoms with E-state index in [1.165, 1.54) is 0 Å². The normalized spacial score (nSPS) is 13.4. The average molecular weight is 312 g/mol. The summed E-state index contributed by atoms with van der Waals surface area (Å²) in [5.74, 6) is 0.149. The number of aromatic nitrogens is 1. The molecule has 0 radical (unpaired) electrons. The molecule has 122 valence electrons. The van der Waals surface area contributed by atoms with E-state index in [0.29, 0.717) is 18.5 Å². The fourth-order valence-corrected chi connectivity index (χ4v) is 2.71. The Labute approximate surface area is 137 Å². The molecule has 2 unspecified atom stereocenters. The lowest BCUT2D eigenvalue weighted by Gasteiger charge is -2.15. The summed E-state index contributed by atoms with van der Waals surface area (Å²) in [7, 11) is 0. The molecule has 0 aliphatic heterocycles. The van der Waals surface area contributed by atoms with Gasteiger partial charge in [-0.3, -0.25) is 9.78 Å². The van der Waals surface area contributed by atoms with Crippen LogP contribution in [0.15, 0.2) is 42.6 Å². The van der Waals surface area contributed by atoms with Crippen molar-refractivity contribution in [1.82, 2.24) is 10.3 Å². The van der Waals surface area contributed by atoms with Crippen LogP contribution in [0.25, 0.3) is 11.3 Å². The van der Waals surface area contributed by atoms with Gasteiger partial charge in [-0.25, -0.2) is 0 Å². The third-order valence-corrected chi connectivity index (χ3v) is 3.87. The van der Waals surface area contributed by atoms with Crippen LogP contribution >= 0.6 is 0 Å². The summed E-state index contributed by atoms with van der Waals surface area (Å²) >= 11 is 0. The smallest absolute Gasteiger partial charge is 0.251 e. The van der Waals surface area contributed by atoms with Crippen LogP contribution in [0, 0.1) is 12.8 Å². The Morgan fingerprint density at radius 1 is 1.22 bits per heavy atom. The summed E-state index contributed by atoms with van der Waals surface area (Å²) in [6, 6.07) is 11.4. The Balaban J connectivity index is 2.13. The van der Waals surface area contributed by atoms with Crippen LogP contribution < -0.4 is 5.32 Å². The molecule has 2 atom stereocenters. The van der Waals surface area contributed by atoms with Crippen LogP contribution in [-0.2, 0) is 0 Å². The molecule has 0 fully saturated rings. The summed E-state index contributed by atoms with van der Waals surface area (Å²) in [5.41, 5.74) is 3.42. The number of benzene rings is 1. The van der Waals surface area contributed by atoms with Gasteiger partial charge < -0.3 is 10.4 Å². The molecule has 0 saturated carbocycles. The highest BCUT2D eigenvalue weighted by Gasteiger charge is 2.14. The third kappa shape index (κ3) is 4.63. The van der Waals surface area contributed by atoms with Gasteiger partial charge in [0.15, 0.2) is 0 Å². The summed E-state index contributed by atoms with van der Waals surface area (Å²) in [6.45, 7) is 6.28. The molecule has 0 aliphatic carbocycles. The number of aliphatic hydroxyl groups is 1. The lowest BCUT2D eigenvalue weighted by Crippen LogP contribution is -2.30. The number of carbonyl (C=O) groups excluding carboxylic acids is 1. The fourth-order valence-electron chi connectivity index (χ4n) is 2.71. The SMILES string of the molecule is Cc1c(C(=O)NCC(C)CC(C)O)cccc1-c1ccccn1. The second-order valence-electron chi connectivity index (χ2n) is 6.09. The lowest BCUT2D eigenvalue weighted by atomic mass is 9.98. The van der Waals surface area contributed by atoms with Gasteiger partial charge >= 0.3 is 0 Å². The van der Waals surface area contributed by atoms with Crippen molar-refractivity contribution in [3.8, 4) is 11.3 Å². The molecule has 0 bridgehead atoms. The Bertz CT molecular complexity index is 654. The first-order valence-electron chi connectivity index (χ1n) is 7.96. The first kappa shape index (κ1) is 17.2. The summed E-state index contributed by atoms with van der Waals surface area (Å²) in [6.07, 6.45) is 2.07. The van der Waals surface area contributed by atoms with Gasteiger partial charge in [-0.2, -0.15) is 0 Å². The number of nitrogens with zero attached hydrogens (tertiary/aromatic N) is 1. The van der Waals surface area contributed by atoms with Gasteiger partial charge in [0.25, 0.3) is 5.91 Å². The molecule has 0 aliphatic rings. The predicted molar refractivity (Wildman–Crippen MR) is 92.2 cm³/mol. The fraction of sp³-hybridized carbons (Fsp3) is 0.368. The van der Waals surface area contributed by atoms with E-state index in [4.69, 9.17) is 0 Å². The first-order valence-corrected chi connectivity index (χ1v) is 7.96. The van der Waals surface area contributed by atoms with Gasteiger partial charge in [-0.05, 0) is 49.9 Å². The maximum absolute atomic E-state index is 12.4. The van der Waals surface area contributed by atoms with Gasteiger partial charge in [-0.15, -0.1) is 0 Å². The summed E-state index contributed by atoms with van der Waals surface area (Å²) < 4.78 is 0. The van der Waals surface area contributed by atoms with Gasteiger partial charge in [0.1, 0.15) is 0 Å². The molecule has 4 heteroatoms. The third-order valence-electron chi connectivity index (χ3n) is 3.87. The number of amides is 1. The molecule has 1 amide bonds. The van der Waals surface area contributed by atoms with Crippen LogP contribution in [-0.4, -0.2) is 28.6 Å². The van der Waals surface area contributed by atoms with Crippen molar-refractivity contribution in [2.75, 3.05) is 6.54 Å². The van der Waals surface area contributed by atoms with E-state index in [1.807, 2.05) is 50.2 Å². The van der Waals surface area contributed by atoms with Crippen molar-refractivity contribution in [2.45, 2.75) is 33.3 Å². The monoisotopic (exact) mass is 312 g/mol. The highest BCUT2D eigenvalue weighted by atomic mass is 16.3. The van der Waals surface area contributed by atoms with Crippen LogP contribution in [0.4, 0.5) is 0 Å². The van der Waals surface area contributed by atoms with Crippen molar-refractivity contribution in [3.05, 3.63) is 53.7 Å². The lowest BCUT2D eigenvalue weighted by molar-refractivity contribution is 0.0939. The molecular formula is C19H24N2O2.